The zero-order chi connectivity index (χ0) is 14.9. The molecule has 0 fully saturated rings. The van der Waals surface area contributed by atoms with Crippen molar-refractivity contribution in [2.45, 2.75) is 84.5 Å². The number of ether oxygens (including phenoxy) is 1. The van der Waals surface area contributed by atoms with E-state index in [9.17, 15) is 4.79 Å². The number of hydrogen-bond donors (Lipinski definition) is 1. The average Bonchev–Trinajstić information content (AvgIpc) is 2.44. The van der Waals surface area contributed by atoms with Crippen molar-refractivity contribution in [3.8, 4) is 0 Å². The lowest BCUT2D eigenvalue weighted by Gasteiger charge is -2.05. The van der Waals surface area contributed by atoms with Crippen molar-refractivity contribution in [3.63, 3.8) is 0 Å². The Kier molecular flexibility index (Phi) is 16.0. The lowest BCUT2D eigenvalue weighted by Crippen LogP contribution is -2.20. The molecule has 20 heavy (non-hydrogen) atoms. The highest BCUT2D eigenvalue weighted by atomic mass is 16.5. The molecule has 0 aromatic carbocycles. The Hall–Kier alpha value is -0.570. The molecule has 0 aliphatic heterocycles. The number of unbranched alkanes of at least 4 members (excludes halogenated alkanes) is 9. The summed E-state index contributed by atoms with van der Waals surface area (Å²) in [4.78, 5) is 11.1. The third kappa shape index (κ3) is 15.5. The maximum absolute atomic E-state index is 11.1. The van der Waals surface area contributed by atoms with E-state index in [0.29, 0.717) is 13.0 Å². The van der Waals surface area contributed by atoms with Gasteiger partial charge in [0.05, 0.1) is 13.0 Å². The van der Waals surface area contributed by atoms with Gasteiger partial charge in [0.25, 0.3) is 0 Å². The Bertz CT molecular complexity index is 207. The van der Waals surface area contributed by atoms with Crippen LogP contribution in [-0.2, 0) is 9.53 Å². The van der Waals surface area contributed by atoms with Gasteiger partial charge in [-0.3, -0.25) is 4.79 Å². The molecule has 0 rings (SSSR count). The molecule has 0 atom stereocenters. The van der Waals surface area contributed by atoms with Crippen LogP contribution >= 0.6 is 0 Å². The Labute approximate surface area is 125 Å². The first-order valence-electron chi connectivity index (χ1n) is 8.67. The highest BCUT2D eigenvalue weighted by Gasteiger charge is 1.99. The number of esters is 1. The second-order valence-corrected chi connectivity index (χ2v) is 5.49. The average molecular weight is 285 g/mol. The van der Waals surface area contributed by atoms with Crippen molar-refractivity contribution in [2.24, 2.45) is 0 Å². The van der Waals surface area contributed by atoms with E-state index in [0.717, 1.165) is 13.1 Å². The number of carbonyl (C=O) groups excluding carboxylic acids is 1. The van der Waals surface area contributed by atoms with E-state index < -0.39 is 0 Å². The molecule has 0 aliphatic carbocycles. The first-order valence-corrected chi connectivity index (χ1v) is 8.67. The Morgan fingerprint density at radius 2 is 1.35 bits per heavy atom. The van der Waals surface area contributed by atoms with Crippen molar-refractivity contribution in [1.82, 2.24) is 5.32 Å². The number of rotatable bonds is 15. The van der Waals surface area contributed by atoms with Gasteiger partial charge in [0.1, 0.15) is 0 Å². The summed E-state index contributed by atoms with van der Waals surface area (Å²) in [5.41, 5.74) is 0. The molecule has 3 nitrogen and oxygen atoms in total. The van der Waals surface area contributed by atoms with Gasteiger partial charge in [0.2, 0.25) is 0 Å². The Balaban J connectivity index is 3.01. The normalized spacial score (nSPS) is 10.7. The monoisotopic (exact) mass is 285 g/mol. The minimum atomic E-state index is -0.0944. The molecule has 0 bridgehead atoms. The summed E-state index contributed by atoms with van der Waals surface area (Å²) >= 11 is 0. The van der Waals surface area contributed by atoms with Crippen molar-refractivity contribution in [2.75, 3.05) is 19.7 Å². The fourth-order valence-electron chi connectivity index (χ4n) is 2.29. The fraction of sp³-hybridized carbons (Fsp3) is 0.941. The van der Waals surface area contributed by atoms with E-state index in [1.54, 1.807) is 0 Å². The molecule has 0 aromatic heterocycles. The molecule has 0 saturated heterocycles. The molecule has 0 amide bonds. The highest BCUT2D eigenvalue weighted by Crippen LogP contribution is 2.10. The maximum atomic E-state index is 11.1. The molecule has 0 radical (unpaired) electrons. The van der Waals surface area contributed by atoms with Gasteiger partial charge in [-0.1, -0.05) is 64.7 Å². The summed E-state index contributed by atoms with van der Waals surface area (Å²) in [5.74, 6) is -0.0944. The van der Waals surface area contributed by atoms with Crippen LogP contribution < -0.4 is 5.32 Å². The van der Waals surface area contributed by atoms with Crippen LogP contribution in [0.4, 0.5) is 0 Å². The lowest BCUT2D eigenvalue weighted by molar-refractivity contribution is -0.142. The van der Waals surface area contributed by atoms with Crippen LogP contribution in [-0.4, -0.2) is 25.7 Å². The zero-order valence-corrected chi connectivity index (χ0v) is 13.7. The zero-order valence-electron chi connectivity index (χ0n) is 13.7. The van der Waals surface area contributed by atoms with Gasteiger partial charge in [-0.2, -0.15) is 0 Å². The molecule has 0 aromatic rings. The number of carbonyl (C=O) groups is 1. The first kappa shape index (κ1) is 19.4. The van der Waals surface area contributed by atoms with Crippen molar-refractivity contribution in [3.05, 3.63) is 0 Å². The van der Waals surface area contributed by atoms with Crippen LogP contribution in [0.25, 0.3) is 0 Å². The minimum Gasteiger partial charge on any atom is -0.466 e. The highest BCUT2D eigenvalue weighted by molar-refractivity contribution is 5.69. The van der Waals surface area contributed by atoms with Crippen LogP contribution in [0.1, 0.15) is 84.5 Å². The largest absolute Gasteiger partial charge is 0.466 e. The summed E-state index contributed by atoms with van der Waals surface area (Å²) in [7, 11) is 0. The van der Waals surface area contributed by atoms with Crippen molar-refractivity contribution >= 4 is 5.97 Å². The summed E-state index contributed by atoms with van der Waals surface area (Å²) in [6, 6.07) is 0. The smallest absolute Gasteiger partial charge is 0.307 e. The van der Waals surface area contributed by atoms with Crippen LogP contribution in [0.5, 0.6) is 0 Å². The molecule has 120 valence electrons. The molecule has 3 heteroatoms. The summed E-state index contributed by atoms with van der Waals surface area (Å²) in [6.45, 7) is 6.36. The topological polar surface area (TPSA) is 38.3 Å². The van der Waals surface area contributed by atoms with Crippen molar-refractivity contribution < 1.29 is 9.53 Å². The summed E-state index contributed by atoms with van der Waals surface area (Å²) in [6.07, 6.45) is 14.1. The van der Waals surface area contributed by atoms with Gasteiger partial charge in [0, 0.05) is 6.54 Å². The minimum absolute atomic E-state index is 0.0944. The molecule has 0 unspecified atom stereocenters. The molecule has 1 N–H and O–H groups in total. The Morgan fingerprint density at radius 1 is 0.800 bits per heavy atom. The predicted octanol–water partition coefficient (Wildman–Crippen LogP) is 4.45. The third-order valence-electron chi connectivity index (χ3n) is 3.52. The fourth-order valence-corrected chi connectivity index (χ4v) is 2.29. The van der Waals surface area contributed by atoms with E-state index in [2.05, 4.69) is 12.2 Å². The van der Waals surface area contributed by atoms with Crippen LogP contribution in [0.3, 0.4) is 0 Å². The van der Waals surface area contributed by atoms with Gasteiger partial charge < -0.3 is 10.1 Å². The molecular formula is C17H35NO2. The van der Waals surface area contributed by atoms with E-state index in [4.69, 9.17) is 4.74 Å². The van der Waals surface area contributed by atoms with Gasteiger partial charge in [-0.25, -0.2) is 0 Å². The molecule has 0 aliphatic rings. The van der Waals surface area contributed by atoms with Crippen molar-refractivity contribution in [1.29, 1.82) is 0 Å². The number of hydrogen-bond acceptors (Lipinski definition) is 3. The van der Waals surface area contributed by atoms with E-state index in [-0.39, 0.29) is 5.97 Å². The summed E-state index contributed by atoms with van der Waals surface area (Å²) in [5, 5.41) is 3.30. The van der Waals surface area contributed by atoms with Gasteiger partial charge in [-0.15, -0.1) is 0 Å². The van der Waals surface area contributed by atoms with Gasteiger partial charge in [-0.05, 0) is 19.9 Å². The predicted molar refractivity (Wildman–Crippen MR) is 86.0 cm³/mol. The third-order valence-corrected chi connectivity index (χ3v) is 3.52. The second kappa shape index (κ2) is 16.5. The maximum Gasteiger partial charge on any atom is 0.307 e. The SMILES string of the molecule is CCCCCCCCCCCCNCCC(=O)OCC. The standard InChI is InChI=1S/C17H35NO2/c1-3-5-6-7-8-9-10-11-12-13-15-18-16-14-17(19)20-4-2/h18H,3-16H2,1-2H3. The molecule has 0 heterocycles. The molecule has 0 spiro atoms. The summed E-state index contributed by atoms with van der Waals surface area (Å²) < 4.78 is 4.87. The van der Waals surface area contributed by atoms with E-state index >= 15 is 0 Å². The van der Waals surface area contributed by atoms with E-state index in [1.807, 2.05) is 6.92 Å². The van der Waals surface area contributed by atoms with Crippen LogP contribution in [0.2, 0.25) is 0 Å². The Morgan fingerprint density at radius 3 is 1.90 bits per heavy atom. The number of nitrogens with one attached hydrogen (secondary N) is 1. The van der Waals surface area contributed by atoms with Gasteiger partial charge in [0.15, 0.2) is 0 Å². The van der Waals surface area contributed by atoms with E-state index in [1.165, 1.54) is 64.2 Å². The quantitative estimate of drug-likeness (QED) is 0.357. The van der Waals surface area contributed by atoms with Crippen LogP contribution in [0.15, 0.2) is 0 Å². The molecular weight excluding hydrogens is 250 g/mol. The molecule has 0 saturated carbocycles. The van der Waals surface area contributed by atoms with Crippen LogP contribution in [0, 0.1) is 0 Å². The van der Waals surface area contributed by atoms with Gasteiger partial charge >= 0.3 is 5.97 Å². The first-order chi connectivity index (χ1) is 9.81. The lowest BCUT2D eigenvalue weighted by atomic mass is 10.1. The second-order valence-electron chi connectivity index (χ2n) is 5.49.